The highest BCUT2D eigenvalue weighted by Crippen LogP contribution is 2.33. The maximum Gasteiger partial charge on any atom is 0.345 e. The van der Waals surface area contributed by atoms with Gasteiger partial charge in [-0.25, -0.2) is 9.18 Å². The van der Waals surface area contributed by atoms with Gasteiger partial charge >= 0.3 is 5.97 Å². The Morgan fingerprint density at radius 2 is 1.75 bits per heavy atom. The van der Waals surface area contributed by atoms with Crippen LogP contribution in [0, 0.1) is 5.82 Å². The number of carboxylic acids is 1. The maximum atomic E-state index is 13.7. The number of aliphatic hydroxyl groups excluding tert-OH is 1. The highest BCUT2D eigenvalue weighted by molar-refractivity contribution is 5.87. The van der Waals surface area contributed by atoms with E-state index in [4.69, 9.17) is 4.74 Å². The summed E-state index contributed by atoms with van der Waals surface area (Å²) in [5, 5.41) is 45.1. The van der Waals surface area contributed by atoms with E-state index in [9.17, 15) is 34.4 Å². The number of carboxylic acid groups (broad SMARTS) is 1. The fourth-order valence-electron chi connectivity index (χ4n) is 4.56. The number of hydrogen-bond donors (Lipinski definition) is 6. The van der Waals surface area contributed by atoms with Gasteiger partial charge < -0.3 is 35.5 Å². The molecule has 0 aliphatic rings. The largest absolute Gasteiger partial charge is 0.506 e. The van der Waals surface area contributed by atoms with Crippen molar-refractivity contribution in [2.24, 2.45) is 0 Å². The second-order valence-corrected chi connectivity index (χ2v) is 9.47. The first-order valence-corrected chi connectivity index (χ1v) is 12.9. The molecule has 0 fully saturated rings. The smallest absolute Gasteiger partial charge is 0.345 e. The van der Waals surface area contributed by atoms with Crippen molar-refractivity contribution >= 4 is 16.9 Å². The van der Waals surface area contributed by atoms with E-state index in [1.54, 1.807) is 24.3 Å². The molecule has 3 aromatic carbocycles. The van der Waals surface area contributed by atoms with E-state index in [0.717, 1.165) is 25.3 Å². The standard InChI is InChI=1S/C30H31FN2O7/c31-21-8-4-6-19(16-21)30(39,29(37)38)20-7-5-9-22(17-20)40-15-3-1-2-14-32-18-26(35)23-10-12-25(34)28-24(23)11-13-27(36)33-28/h4-13,16-17,26,32,34-35,39H,1-3,14-15,18H2,(H,33,36)(H,37,38). The molecule has 10 heteroatoms. The second-order valence-electron chi connectivity index (χ2n) is 9.47. The van der Waals surface area contributed by atoms with E-state index in [1.165, 1.54) is 42.5 Å². The molecule has 0 amide bonds. The number of fused-ring (bicyclic) bond motifs is 1. The van der Waals surface area contributed by atoms with Crippen molar-refractivity contribution < 1.29 is 34.3 Å². The Morgan fingerprint density at radius 1 is 1.00 bits per heavy atom. The molecule has 0 aliphatic carbocycles. The first kappa shape index (κ1) is 28.8. The number of aromatic amines is 1. The minimum Gasteiger partial charge on any atom is -0.506 e. The Bertz CT molecular complexity index is 1540. The summed E-state index contributed by atoms with van der Waals surface area (Å²) in [4.78, 5) is 26.1. The van der Waals surface area contributed by atoms with Crippen molar-refractivity contribution in [1.29, 1.82) is 0 Å². The van der Waals surface area contributed by atoms with Crippen molar-refractivity contribution in [3.63, 3.8) is 0 Å². The summed E-state index contributed by atoms with van der Waals surface area (Å²) in [5.74, 6) is -1.85. The number of aromatic nitrogens is 1. The zero-order valence-corrected chi connectivity index (χ0v) is 21.6. The van der Waals surface area contributed by atoms with Crippen LogP contribution in [0.3, 0.4) is 0 Å². The highest BCUT2D eigenvalue weighted by atomic mass is 19.1. The lowest BCUT2D eigenvalue weighted by molar-refractivity contribution is -0.155. The van der Waals surface area contributed by atoms with Crippen LogP contribution in [0.4, 0.5) is 4.39 Å². The van der Waals surface area contributed by atoms with E-state index in [0.29, 0.717) is 36.4 Å². The van der Waals surface area contributed by atoms with Crippen molar-refractivity contribution in [1.82, 2.24) is 10.3 Å². The van der Waals surface area contributed by atoms with Crippen molar-refractivity contribution in [3.8, 4) is 11.5 Å². The van der Waals surface area contributed by atoms with Crippen LogP contribution in [-0.4, -0.2) is 51.1 Å². The number of halogens is 1. The summed E-state index contributed by atoms with van der Waals surface area (Å²) in [6.45, 7) is 1.31. The van der Waals surface area contributed by atoms with Crippen LogP contribution in [0.5, 0.6) is 11.5 Å². The summed E-state index contributed by atoms with van der Waals surface area (Å²) in [5.41, 5.74) is -1.92. The molecule has 4 aromatic rings. The lowest BCUT2D eigenvalue weighted by Gasteiger charge is -2.25. The average molecular weight is 551 g/mol. The third kappa shape index (κ3) is 6.48. The zero-order chi connectivity index (χ0) is 28.7. The molecule has 1 aromatic heterocycles. The molecular formula is C30H31FN2O7. The molecule has 6 N–H and O–H groups in total. The number of nitrogens with one attached hydrogen (secondary N) is 2. The molecule has 9 nitrogen and oxygen atoms in total. The fraction of sp³-hybridized carbons (Fsp3) is 0.267. The number of H-pyrrole nitrogens is 1. The van der Waals surface area contributed by atoms with Gasteiger partial charge in [-0.2, -0.15) is 0 Å². The first-order valence-electron chi connectivity index (χ1n) is 12.9. The number of phenols is 1. The molecule has 4 rings (SSSR count). The molecule has 0 aliphatic heterocycles. The van der Waals surface area contributed by atoms with E-state index >= 15 is 0 Å². The fourth-order valence-corrected chi connectivity index (χ4v) is 4.56. The van der Waals surface area contributed by atoms with Gasteiger partial charge in [-0.1, -0.05) is 30.3 Å². The van der Waals surface area contributed by atoms with Gasteiger partial charge in [0.1, 0.15) is 17.3 Å². The molecule has 40 heavy (non-hydrogen) atoms. The quantitative estimate of drug-likeness (QED) is 0.138. The van der Waals surface area contributed by atoms with Gasteiger partial charge in [0.05, 0.1) is 18.2 Å². The minimum atomic E-state index is -2.43. The van der Waals surface area contributed by atoms with Gasteiger partial charge in [-0.3, -0.25) is 4.79 Å². The number of phenolic OH excluding ortho intramolecular Hbond substituents is 1. The summed E-state index contributed by atoms with van der Waals surface area (Å²) in [6, 6.07) is 17.0. The zero-order valence-electron chi connectivity index (χ0n) is 21.6. The number of ether oxygens (including phenoxy) is 1. The number of benzene rings is 3. The lowest BCUT2D eigenvalue weighted by Crippen LogP contribution is -2.36. The summed E-state index contributed by atoms with van der Waals surface area (Å²) >= 11 is 0. The van der Waals surface area contributed by atoms with Crippen LogP contribution in [0.1, 0.15) is 42.1 Å². The lowest BCUT2D eigenvalue weighted by atomic mass is 9.86. The topological polar surface area (TPSA) is 152 Å². The number of hydrogen-bond acceptors (Lipinski definition) is 7. The van der Waals surface area contributed by atoms with Crippen LogP contribution in [-0.2, 0) is 10.4 Å². The number of unbranched alkanes of at least 4 members (excludes halogenated alkanes) is 2. The molecule has 0 bridgehead atoms. The Kier molecular flexibility index (Phi) is 9.15. The van der Waals surface area contributed by atoms with E-state index in [-0.39, 0.29) is 28.0 Å². The van der Waals surface area contributed by atoms with Crippen LogP contribution < -0.4 is 15.6 Å². The number of rotatable bonds is 13. The average Bonchev–Trinajstić information content (AvgIpc) is 2.94. The van der Waals surface area contributed by atoms with Crippen molar-refractivity contribution in [2.45, 2.75) is 31.0 Å². The second kappa shape index (κ2) is 12.7. The highest BCUT2D eigenvalue weighted by Gasteiger charge is 2.40. The minimum absolute atomic E-state index is 0.0543. The third-order valence-corrected chi connectivity index (χ3v) is 6.67. The van der Waals surface area contributed by atoms with Gasteiger partial charge in [0, 0.05) is 29.1 Å². The van der Waals surface area contributed by atoms with Crippen molar-refractivity contribution in [2.75, 3.05) is 19.7 Å². The molecule has 0 radical (unpaired) electrons. The maximum absolute atomic E-state index is 13.7. The van der Waals surface area contributed by atoms with E-state index < -0.39 is 23.5 Å². The van der Waals surface area contributed by atoms with Gasteiger partial charge in [0.2, 0.25) is 11.2 Å². The summed E-state index contributed by atoms with van der Waals surface area (Å²) in [7, 11) is 0. The van der Waals surface area contributed by atoms with Gasteiger partial charge in [-0.05, 0) is 67.8 Å². The molecule has 2 unspecified atom stereocenters. The molecule has 2 atom stereocenters. The Labute approximate surface area is 229 Å². The first-order chi connectivity index (χ1) is 19.2. The van der Waals surface area contributed by atoms with Crippen LogP contribution in [0.15, 0.2) is 77.6 Å². The van der Waals surface area contributed by atoms with Crippen LogP contribution in [0.2, 0.25) is 0 Å². The Balaban J connectivity index is 1.23. The summed E-state index contributed by atoms with van der Waals surface area (Å²) < 4.78 is 19.5. The normalized spacial score (nSPS) is 13.6. The van der Waals surface area contributed by atoms with Gasteiger partial charge in [0.25, 0.3) is 0 Å². The van der Waals surface area contributed by atoms with Crippen LogP contribution in [0.25, 0.3) is 10.9 Å². The van der Waals surface area contributed by atoms with Gasteiger partial charge in [-0.15, -0.1) is 0 Å². The number of aliphatic hydroxyl groups is 2. The molecule has 0 saturated carbocycles. The molecular weight excluding hydrogens is 519 g/mol. The molecule has 0 spiro atoms. The van der Waals surface area contributed by atoms with Gasteiger partial charge in [0.15, 0.2) is 0 Å². The monoisotopic (exact) mass is 550 g/mol. The summed E-state index contributed by atoms with van der Waals surface area (Å²) in [6.07, 6.45) is 1.53. The number of aromatic hydroxyl groups is 1. The third-order valence-electron chi connectivity index (χ3n) is 6.67. The predicted octanol–water partition coefficient (Wildman–Crippen LogP) is 3.57. The number of carbonyl (C=O) groups is 1. The number of pyridine rings is 1. The number of aliphatic carboxylic acids is 1. The van der Waals surface area contributed by atoms with E-state index in [1.807, 2.05) is 0 Å². The SMILES string of the molecule is O=C(O)C(O)(c1cccc(F)c1)c1cccc(OCCCCCNCC(O)c2ccc(O)c3[nH]c(=O)ccc23)c1. The van der Waals surface area contributed by atoms with Crippen molar-refractivity contribution in [3.05, 3.63) is 106 Å². The molecule has 210 valence electrons. The Hall–Kier alpha value is -4.25. The predicted molar refractivity (Wildman–Crippen MR) is 147 cm³/mol. The van der Waals surface area contributed by atoms with E-state index in [2.05, 4.69) is 10.3 Å². The molecule has 0 saturated heterocycles. The molecule has 1 heterocycles. The van der Waals surface area contributed by atoms with Crippen LogP contribution >= 0.6 is 0 Å². The Morgan fingerprint density at radius 3 is 2.50 bits per heavy atom.